The number of halogens is 1. The van der Waals surface area contributed by atoms with Crippen molar-refractivity contribution in [3.8, 4) is 5.88 Å². The summed E-state index contributed by atoms with van der Waals surface area (Å²) in [5, 5.41) is 0. The molecule has 0 spiro atoms. The van der Waals surface area contributed by atoms with Crippen LogP contribution in [0.25, 0.3) is 0 Å². The molecule has 2 unspecified atom stereocenters. The molecular weight excluding hydrogens is 239 g/mol. The summed E-state index contributed by atoms with van der Waals surface area (Å²) in [5.74, 6) is -0.553. The van der Waals surface area contributed by atoms with E-state index >= 15 is 0 Å². The van der Waals surface area contributed by atoms with Gasteiger partial charge in [0.15, 0.2) is 5.82 Å². The number of rotatable bonds is 4. The van der Waals surface area contributed by atoms with Crippen LogP contribution >= 0.6 is 0 Å². The van der Waals surface area contributed by atoms with Gasteiger partial charge in [0.2, 0.25) is 0 Å². The number of aromatic nitrogens is 1. The van der Waals surface area contributed by atoms with Crippen LogP contribution in [0, 0.1) is 5.82 Å². The Kier molecular flexibility index (Phi) is 4.46. The van der Waals surface area contributed by atoms with E-state index in [4.69, 9.17) is 19.9 Å². The highest BCUT2D eigenvalue weighted by Crippen LogP contribution is 2.25. The molecule has 1 aromatic rings. The first kappa shape index (κ1) is 13.2. The lowest BCUT2D eigenvalue weighted by Crippen LogP contribution is -2.38. The van der Waals surface area contributed by atoms with Crippen molar-refractivity contribution in [3.05, 3.63) is 23.6 Å². The van der Waals surface area contributed by atoms with Crippen LogP contribution in [-0.4, -0.2) is 37.5 Å². The lowest BCUT2D eigenvalue weighted by molar-refractivity contribution is -0.0979. The van der Waals surface area contributed by atoms with E-state index in [1.165, 1.54) is 6.20 Å². The first-order valence-corrected chi connectivity index (χ1v) is 5.96. The predicted molar refractivity (Wildman–Crippen MR) is 62.9 cm³/mol. The Morgan fingerprint density at radius 3 is 3.11 bits per heavy atom. The fourth-order valence-electron chi connectivity index (χ4n) is 1.85. The van der Waals surface area contributed by atoms with E-state index in [0.29, 0.717) is 32.0 Å². The van der Waals surface area contributed by atoms with Gasteiger partial charge in [-0.25, -0.2) is 9.37 Å². The summed E-state index contributed by atoms with van der Waals surface area (Å²) in [6.07, 6.45) is 1.14. The third-order valence-electron chi connectivity index (χ3n) is 2.77. The van der Waals surface area contributed by atoms with Crippen LogP contribution in [0.3, 0.4) is 0 Å². The number of hydrogen-bond acceptors (Lipinski definition) is 5. The van der Waals surface area contributed by atoms with Crippen molar-refractivity contribution < 1.29 is 18.6 Å². The van der Waals surface area contributed by atoms with Gasteiger partial charge < -0.3 is 19.9 Å². The zero-order valence-corrected chi connectivity index (χ0v) is 10.3. The molecule has 1 aliphatic rings. The quantitative estimate of drug-likeness (QED) is 0.871. The van der Waals surface area contributed by atoms with Crippen LogP contribution in [0.15, 0.2) is 12.3 Å². The largest absolute Gasteiger partial charge is 0.476 e. The average Bonchev–Trinajstić information content (AvgIpc) is 2.42. The summed E-state index contributed by atoms with van der Waals surface area (Å²) in [7, 11) is 0. The summed E-state index contributed by atoms with van der Waals surface area (Å²) < 4.78 is 29.9. The van der Waals surface area contributed by atoms with Crippen LogP contribution < -0.4 is 10.5 Å². The predicted octanol–water partition coefficient (Wildman–Crippen LogP) is 1.03. The lowest BCUT2D eigenvalue weighted by Gasteiger charge is -2.28. The second kappa shape index (κ2) is 6.08. The van der Waals surface area contributed by atoms with Crippen molar-refractivity contribution in [2.24, 2.45) is 5.73 Å². The Morgan fingerprint density at radius 2 is 2.44 bits per heavy atom. The van der Waals surface area contributed by atoms with Gasteiger partial charge in [0.1, 0.15) is 6.10 Å². The van der Waals surface area contributed by atoms with Gasteiger partial charge in [-0.15, -0.1) is 0 Å². The second-order valence-electron chi connectivity index (χ2n) is 3.96. The fraction of sp³-hybridized carbons (Fsp3) is 0.583. The highest BCUT2D eigenvalue weighted by Gasteiger charge is 2.27. The Morgan fingerprint density at radius 1 is 1.61 bits per heavy atom. The molecule has 18 heavy (non-hydrogen) atoms. The van der Waals surface area contributed by atoms with Gasteiger partial charge >= 0.3 is 0 Å². The monoisotopic (exact) mass is 256 g/mol. The molecule has 0 saturated carbocycles. The number of hydrogen-bond donors (Lipinski definition) is 1. The molecule has 100 valence electrons. The molecule has 0 radical (unpaired) electrons. The minimum atomic E-state index is -0.590. The second-order valence-corrected chi connectivity index (χ2v) is 3.96. The van der Waals surface area contributed by atoms with Crippen molar-refractivity contribution >= 4 is 0 Å². The van der Waals surface area contributed by atoms with Crippen molar-refractivity contribution in [3.63, 3.8) is 0 Å². The molecule has 6 heteroatoms. The number of nitrogens with two attached hydrogens (primary N) is 1. The minimum Gasteiger partial charge on any atom is -0.476 e. The zero-order valence-electron chi connectivity index (χ0n) is 10.3. The first-order chi connectivity index (χ1) is 8.74. The number of pyridine rings is 1. The smallest absolute Gasteiger partial charge is 0.250 e. The molecule has 1 aliphatic heterocycles. The summed E-state index contributed by atoms with van der Waals surface area (Å²) in [6.45, 7) is 3.51. The number of nitrogens with zero attached hydrogens (tertiary/aromatic N) is 1. The third-order valence-corrected chi connectivity index (χ3v) is 2.77. The summed E-state index contributed by atoms with van der Waals surface area (Å²) >= 11 is 0. The molecule has 5 nitrogen and oxygen atoms in total. The normalized spacial score (nSPS) is 21.6. The topological polar surface area (TPSA) is 66.6 Å². The average molecular weight is 256 g/mol. The van der Waals surface area contributed by atoms with Gasteiger partial charge in [-0.05, 0) is 13.0 Å². The maximum Gasteiger partial charge on any atom is 0.250 e. The molecule has 2 rings (SSSR count). The lowest BCUT2D eigenvalue weighted by atomic mass is 10.0. The third kappa shape index (κ3) is 2.77. The Hall–Kier alpha value is -1.24. The van der Waals surface area contributed by atoms with E-state index in [1.807, 2.05) is 0 Å². The van der Waals surface area contributed by atoms with E-state index < -0.39 is 11.9 Å². The van der Waals surface area contributed by atoms with E-state index in [-0.39, 0.29) is 12.0 Å². The molecule has 2 heterocycles. The van der Waals surface area contributed by atoms with Crippen molar-refractivity contribution in [2.75, 3.05) is 26.4 Å². The molecule has 1 saturated heterocycles. The SMILES string of the molecule is CCOc1nccc(C(N)C2COCCO2)c1F. The van der Waals surface area contributed by atoms with Gasteiger partial charge in [0.25, 0.3) is 5.88 Å². The highest BCUT2D eigenvalue weighted by atomic mass is 19.1. The van der Waals surface area contributed by atoms with Crippen molar-refractivity contribution in [2.45, 2.75) is 19.1 Å². The first-order valence-electron chi connectivity index (χ1n) is 5.96. The Bertz CT molecular complexity index is 397. The molecule has 0 aliphatic carbocycles. The number of ether oxygens (including phenoxy) is 3. The maximum absolute atomic E-state index is 14.1. The van der Waals surface area contributed by atoms with Gasteiger partial charge in [0, 0.05) is 11.8 Å². The molecule has 1 fully saturated rings. The molecule has 0 amide bonds. The van der Waals surface area contributed by atoms with Gasteiger partial charge in [-0.1, -0.05) is 0 Å². The fourth-order valence-corrected chi connectivity index (χ4v) is 1.85. The Labute approximate surface area is 105 Å². The van der Waals surface area contributed by atoms with Crippen molar-refractivity contribution in [1.29, 1.82) is 0 Å². The van der Waals surface area contributed by atoms with E-state index in [9.17, 15) is 4.39 Å². The van der Waals surface area contributed by atoms with Crippen molar-refractivity contribution in [1.82, 2.24) is 4.98 Å². The van der Waals surface area contributed by atoms with E-state index in [0.717, 1.165) is 0 Å². The molecule has 0 bridgehead atoms. The van der Waals surface area contributed by atoms with Crippen LogP contribution in [-0.2, 0) is 9.47 Å². The van der Waals surface area contributed by atoms with Gasteiger partial charge in [0.05, 0.1) is 32.5 Å². The van der Waals surface area contributed by atoms with Gasteiger partial charge in [-0.3, -0.25) is 0 Å². The summed E-state index contributed by atoms with van der Waals surface area (Å²) in [5.41, 5.74) is 6.34. The molecule has 0 aromatic carbocycles. The van der Waals surface area contributed by atoms with Crippen LogP contribution in [0.1, 0.15) is 18.5 Å². The van der Waals surface area contributed by atoms with E-state index in [1.54, 1.807) is 13.0 Å². The maximum atomic E-state index is 14.1. The van der Waals surface area contributed by atoms with Crippen LogP contribution in [0.5, 0.6) is 5.88 Å². The molecule has 2 atom stereocenters. The summed E-state index contributed by atoms with van der Waals surface area (Å²) in [4.78, 5) is 3.83. The molecular formula is C12H17FN2O3. The molecule has 1 aromatic heterocycles. The minimum absolute atomic E-state index is 0.0258. The Balaban J connectivity index is 2.18. The van der Waals surface area contributed by atoms with E-state index in [2.05, 4.69) is 4.98 Å². The summed E-state index contributed by atoms with van der Waals surface area (Å²) in [6, 6.07) is 0.952. The zero-order chi connectivity index (χ0) is 13.0. The van der Waals surface area contributed by atoms with Gasteiger partial charge in [-0.2, -0.15) is 0 Å². The molecule has 2 N–H and O–H groups in total. The van der Waals surface area contributed by atoms with Crippen LogP contribution in [0.4, 0.5) is 4.39 Å². The standard InChI is InChI=1S/C12H17FN2O3/c1-2-17-12-10(13)8(3-4-15-12)11(14)9-7-16-5-6-18-9/h3-4,9,11H,2,5-7,14H2,1H3. The highest BCUT2D eigenvalue weighted by molar-refractivity contribution is 5.27. The van der Waals surface area contributed by atoms with Crippen LogP contribution in [0.2, 0.25) is 0 Å².